The third-order valence-electron chi connectivity index (χ3n) is 1.55. The fourth-order valence-corrected chi connectivity index (χ4v) is 1.53. The molecule has 0 unspecified atom stereocenters. The first-order chi connectivity index (χ1) is 6.65. The highest BCUT2D eigenvalue weighted by molar-refractivity contribution is 9.09. The molecule has 0 heterocycles. The van der Waals surface area contributed by atoms with E-state index in [1.807, 2.05) is 0 Å². The maximum absolute atomic E-state index is 10.9. The Morgan fingerprint density at radius 3 is 2.43 bits per heavy atom. The topological polar surface area (TPSA) is 26.3 Å². The molecule has 76 valence electrons. The minimum atomic E-state index is -0.346. The van der Waals surface area contributed by atoms with Gasteiger partial charge in [0.05, 0.1) is 0 Å². The van der Waals surface area contributed by atoms with E-state index in [4.69, 9.17) is 27.9 Å². The SMILES string of the molecule is O=C(CBr)OCc1c(Cl)cccc1Cl. The van der Waals surface area contributed by atoms with Crippen molar-refractivity contribution in [2.45, 2.75) is 6.61 Å². The van der Waals surface area contributed by atoms with Crippen LogP contribution in [0.25, 0.3) is 0 Å². The molecular formula is C9H7BrCl2O2. The van der Waals surface area contributed by atoms with Crippen LogP contribution in [-0.4, -0.2) is 11.3 Å². The number of benzene rings is 1. The lowest BCUT2D eigenvalue weighted by molar-refractivity contribution is -0.141. The van der Waals surface area contributed by atoms with Crippen LogP contribution in [0.4, 0.5) is 0 Å². The summed E-state index contributed by atoms with van der Waals surface area (Å²) >= 11 is 14.7. The molecule has 2 nitrogen and oxygen atoms in total. The fraction of sp³-hybridized carbons (Fsp3) is 0.222. The molecule has 1 rings (SSSR count). The fourth-order valence-electron chi connectivity index (χ4n) is 0.861. The second-order valence-corrected chi connectivity index (χ2v) is 3.87. The van der Waals surface area contributed by atoms with Gasteiger partial charge in [-0.3, -0.25) is 4.79 Å². The molecule has 0 radical (unpaired) electrons. The van der Waals surface area contributed by atoms with E-state index >= 15 is 0 Å². The number of halogens is 3. The van der Waals surface area contributed by atoms with Gasteiger partial charge >= 0.3 is 5.97 Å². The highest BCUT2D eigenvalue weighted by Crippen LogP contribution is 2.24. The first kappa shape index (κ1) is 11.8. The van der Waals surface area contributed by atoms with Crippen molar-refractivity contribution in [1.29, 1.82) is 0 Å². The summed E-state index contributed by atoms with van der Waals surface area (Å²) in [6.07, 6.45) is 0. The molecule has 0 saturated heterocycles. The Morgan fingerprint density at radius 2 is 1.93 bits per heavy atom. The van der Waals surface area contributed by atoms with Crippen LogP contribution < -0.4 is 0 Å². The van der Waals surface area contributed by atoms with Crippen molar-refractivity contribution in [3.05, 3.63) is 33.8 Å². The number of esters is 1. The van der Waals surface area contributed by atoms with Crippen LogP contribution in [0.15, 0.2) is 18.2 Å². The number of carbonyl (C=O) groups is 1. The smallest absolute Gasteiger partial charge is 0.316 e. The minimum absolute atomic E-state index is 0.100. The standard InChI is InChI=1S/C9H7BrCl2O2/c10-4-9(13)14-5-6-7(11)2-1-3-8(6)12/h1-3H,4-5H2. The highest BCUT2D eigenvalue weighted by Gasteiger charge is 2.07. The zero-order chi connectivity index (χ0) is 10.6. The van der Waals surface area contributed by atoms with Crippen molar-refractivity contribution in [2.24, 2.45) is 0 Å². The summed E-state index contributed by atoms with van der Waals surface area (Å²) in [5.74, 6) is -0.346. The van der Waals surface area contributed by atoms with E-state index in [-0.39, 0.29) is 17.9 Å². The van der Waals surface area contributed by atoms with Gasteiger partial charge in [-0.2, -0.15) is 0 Å². The quantitative estimate of drug-likeness (QED) is 0.631. The average Bonchev–Trinajstić information content (AvgIpc) is 2.16. The van der Waals surface area contributed by atoms with Gasteiger partial charge in [0.1, 0.15) is 11.9 Å². The van der Waals surface area contributed by atoms with Crippen molar-refractivity contribution in [3.63, 3.8) is 0 Å². The zero-order valence-electron chi connectivity index (χ0n) is 7.10. The van der Waals surface area contributed by atoms with E-state index in [9.17, 15) is 4.79 Å². The second-order valence-electron chi connectivity index (χ2n) is 2.49. The summed E-state index contributed by atoms with van der Waals surface area (Å²) in [4.78, 5) is 10.9. The van der Waals surface area contributed by atoms with E-state index in [2.05, 4.69) is 15.9 Å². The molecule has 0 amide bonds. The molecule has 1 aromatic carbocycles. The molecule has 0 aromatic heterocycles. The highest BCUT2D eigenvalue weighted by atomic mass is 79.9. The van der Waals surface area contributed by atoms with Crippen molar-refractivity contribution in [3.8, 4) is 0 Å². The van der Waals surface area contributed by atoms with Crippen LogP contribution >= 0.6 is 39.1 Å². The van der Waals surface area contributed by atoms with Crippen molar-refractivity contribution >= 4 is 45.1 Å². The Hall–Kier alpha value is -0.250. The molecule has 0 aliphatic carbocycles. The Morgan fingerprint density at radius 1 is 1.36 bits per heavy atom. The predicted octanol–water partition coefficient (Wildman–Crippen LogP) is 3.43. The first-order valence-corrected chi connectivity index (χ1v) is 5.67. The normalized spacial score (nSPS) is 9.93. The molecule has 0 N–H and O–H groups in total. The van der Waals surface area contributed by atoms with Crippen molar-refractivity contribution < 1.29 is 9.53 Å². The van der Waals surface area contributed by atoms with E-state index in [0.717, 1.165) is 0 Å². The third kappa shape index (κ3) is 3.15. The maximum Gasteiger partial charge on any atom is 0.316 e. The summed E-state index contributed by atoms with van der Waals surface area (Å²) < 4.78 is 4.88. The van der Waals surface area contributed by atoms with Crippen LogP contribution in [0.2, 0.25) is 10.0 Å². The van der Waals surface area contributed by atoms with E-state index in [1.54, 1.807) is 18.2 Å². The van der Waals surface area contributed by atoms with Crippen LogP contribution in [0.3, 0.4) is 0 Å². The summed E-state index contributed by atoms with van der Waals surface area (Å²) in [5, 5.41) is 1.16. The predicted molar refractivity (Wildman–Crippen MR) is 60.1 cm³/mol. The van der Waals surface area contributed by atoms with E-state index in [0.29, 0.717) is 15.6 Å². The molecular weight excluding hydrogens is 291 g/mol. The summed E-state index contributed by atoms with van der Waals surface area (Å²) in [7, 11) is 0. The van der Waals surface area contributed by atoms with Gasteiger partial charge in [-0.15, -0.1) is 0 Å². The number of alkyl halides is 1. The minimum Gasteiger partial charge on any atom is -0.460 e. The summed E-state index contributed by atoms with van der Waals surface area (Å²) in [6, 6.07) is 5.13. The largest absolute Gasteiger partial charge is 0.460 e. The molecule has 0 spiro atoms. The molecule has 0 fully saturated rings. The molecule has 14 heavy (non-hydrogen) atoms. The zero-order valence-corrected chi connectivity index (χ0v) is 10.2. The van der Waals surface area contributed by atoms with Crippen LogP contribution in [0.5, 0.6) is 0 Å². The summed E-state index contributed by atoms with van der Waals surface area (Å²) in [6.45, 7) is 0.100. The van der Waals surface area contributed by atoms with Gasteiger partial charge in [0.25, 0.3) is 0 Å². The van der Waals surface area contributed by atoms with Crippen molar-refractivity contribution in [2.75, 3.05) is 5.33 Å². The van der Waals surface area contributed by atoms with Crippen LogP contribution in [-0.2, 0) is 16.1 Å². The van der Waals surface area contributed by atoms with E-state index < -0.39 is 0 Å². The molecule has 0 bridgehead atoms. The van der Waals surface area contributed by atoms with Gasteiger partial charge in [-0.05, 0) is 12.1 Å². The molecule has 1 aromatic rings. The van der Waals surface area contributed by atoms with Gasteiger partial charge in [0.2, 0.25) is 0 Å². The van der Waals surface area contributed by atoms with E-state index in [1.165, 1.54) is 0 Å². The van der Waals surface area contributed by atoms with Crippen LogP contribution in [0.1, 0.15) is 5.56 Å². The van der Waals surface area contributed by atoms with Crippen LogP contribution in [0, 0.1) is 0 Å². The Kier molecular flexibility index (Phi) is 4.72. The average molecular weight is 298 g/mol. The number of rotatable bonds is 3. The van der Waals surface area contributed by atoms with Crippen molar-refractivity contribution in [1.82, 2.24) is 0 Å². The maximum atomic E-state index is 10.9. The Bertz CT molecular complexity index is 321. The molecule has 5 heteroatoms. The summed E-state index contributed by atoms with van der Waals surface area (Å²) in [5.41, 5.74) is 0.630. The van der Waals surface area contributed by atoms with Gasteiger partial charge in [-0.25, -0.2) is 0 Å². The molecule has 0 atom stereocenters. The van der Waals surface area contributed by atoms with Gasteiger partial charge in [0, 0.05) is 15.6 Å². The number of hydrogen-bond acceptors (Lipinski definition) is 2. The lowest BCUT2D eigenvalue weighted by Gasteiger charge is -2.06. The number of ether oxygens (including phenoxy) is 1. The Balaban J connectivity index is 2.71. The molecule has 0 aliphatic rings. The monoisotopic (exact) mass is 296 g/mol. The lowest BCUT2D eigenvalue weighted by atomic mass is 10.2. The number of carbonyl (C=O) groups excluding carboxylic acids is 1. The second kappa shape index (κ2) is 5.59. The molecule has 0 aliphatic heterocycles. The first-order valence-electron chi connectivity index (χ1n) is 3.79. The van der Waals surface area contributed by atoms with Gasteiger partial charge < -0.3 is 4.74 Å². The number of hydrogen-bond donors (Lipinski definition) is 0. The lowest BCUT2D eigenvalue weighted by Crippen LogP contribution is -2.05. The molecule has 0 saturated carbocycles. The van der Waals surface area contributed by atoms with Gasteiger partial charge in [0.15, 0.2) is 0 Å². The Labute approximate surface area is 100 Å². The van der Waals surface area contributed by atoms with Gasteiger partial charge in [-0.1, -0.05) is 45.2 Å². The third-order valence-corrected chi connectivity index (χ3v) is 2.71.